The summed E-state index contributed by atoms with van der Waals surface area (Å²) >= 11 is 1.40. The van der Waals surface area contributed by atoms with E-state index in [9.17, 15) is 4.79 Å². The van der Waals surface area contributed by atoms with Crippen molar-refractivity contribution >= 4 is 17.2 Å². The predicted octanol–water partition coefficient (Wildman–Crippen LogP) is 1.32. The van der Waals surface area contributed by atoms with Crippen molar-refractivity contribution < 1.29 is 4.79 Å². The van der Waals surface area contributed by atoms with Gasteiger partial charge in [0, 0.05) is 12.6 Å². The summed E-state index contributed by atoms with van der Waals surface area (Å²) in [5.74, 6) is 0.00595. The van der Waals surface area contributed by atoms with Gasteiger partial charge in [-0.3, -0.25) is 4.79 Å². The monoisotopic (exact) mass is 239 g/mol. The van der Waals surface area contributed by atoms with Gasteiger partial charge in [0.15, 0.2) is 0 Å². The van der Waals surface area contributed by atoms with Crippen molar-refractivity contribution in [2.75, 3.05) is 13.1 Å². The molecule has 16 heavy (non-hydrogen) atoms. The normalized spacial score (nSPS) is 15.1. The lowest BCUT2D eigenvalue weighted by Crippen LogP contribution is -2.27. The minimum atomic E-state index is 0.00595. The first-order chi connectivity index (χ1) is 7.77. The zero-order valence-electron chi connectivity index (χ0n) is 9.45. The third-order valence-electron chi connectivity index (χ3n) is 2.60. The number of aryl methyl sites for hydroxylation is 1. The van der Waals surface area contributed by atoms with Crippen LogP contribution in [-0.4, -0.2) is 30.0 Å². The average Bonchev–Trinajstić information content (AvgIpc) is 2.99. The molecule has 0 unspecified atom stereocenters. The SMILES string of the molecule is Cc1ncsc1C(=O)NCCCNC1CC1. The molecule has 1 heterocycles. The third-order valence-corrected chi connectivity index (χ3v) is 3.53. The minimum absolute atomic E-state index is 0.00595. The summed E-state index contributed by atoms with van der Waals surface area (Å²) in [6.45, 7) is 3.59. The Morgan fingerprint density at radius 1 is 1.56 bits per heavy atom. The van der Waals surface area contributed by atoms with Crippen molar-refractivity contribution in [2.24, 2.45) is 0 Å². The summed E-state index contributed by atoms with van der Waals surface area (Å²) in [6, 6.07) is 0.749. The summed E-state index contributed by atoms with van der Waals surface area (Å²) in [6.07, 6.45) is 3.61. The van der Waals surface area contributed by atoms with Crippen molar-refractivity contribution in [1.82, 2.24) is 15.6 Å². The lowest BCUT2D eigenvalue weighted by atomic mass is 10.3. The molecule has 1 aromatic rings. The van der Waals surface area contributed by atoms with Gasteiger partial charge in [-0.15, -0.1) is 11.3 Å². The summed E-state index contributed by atoms with van der Waals surface area (Å²) in [7, 11) is 0. The second kappa shape index (κ2) is 5.41. The quantitative estimate of drug-likeness (QED) is 0.736. The van der Waals surface area contributed by atoms with E-state index in [1.807, 2.05) is 6.92 Å². The van der Waals surface area contributed by atoms with Crippen LogP contribution >= 0.6 is 11.3 Å². The van der Waals surface area contributed by atoms with Crippen molar-refractivity contribution in [3.05, 3.63) is 16.1 Å². The molecule has 0 radical (unpaired) electrons. The molecule has 2 N–H and O–H groups in total. The lowest BCUT2D eigenvalue weighted by Gasteiger charge is -2.04. The zero-order chi connectivity index (χ0) is 11.4. The number of carbonyl (C=O) groups excluding carboxylic acids is 1. The predicted molar refractivity (Wildman–Crippen MR) is 64.8 cm³/mol. The maximum Gasteiger partial charge on any atom is 0.263 e. The standard InChI is InChI=1S/C11H17N3OS/c1-8-10(16-7-14-8)11(15)13-6-2-5-12-9-3-4-9/h7,9,12H,2-6H2,1H3,(H,13,15). The van der Waals surface area contributed by atoms with Crippen LogP contribution in [0.2, 0.25) is 0 Å². The number of hydrogen-bond donors (Lipinski definition) is 2. The Labute approximate surface area is 99.5 Å². The molecule has 2 rings (SSSR count). The van der Waals surface area contributed by atoms with Crippen LogP contribution < -0.4 is 10.6 Å². The van der Waals surface area contributed by atoms with Gasteiger partial charge >= 0.3 is 0 Å². The third kappa shape index (κ3) is 3.28. The van der Waals surface area contributed by atoms with E-state index in [4.69, 9.17) is 0 Å². The van der Waals surface area contributed by atoms with E-state index in [0.29, 0.717) is 0 Å². The second-order valence-electron chi connectivity index (χ2n) is 4.10. The van der Waals surface area contributed by atoms with Gasteiger partial charge in [-0.25, -0.2) is 4.98 Å². The number of rotatable bonds is 6. The van der Waals surface area contributed by atoms with Crippen LogP contribution in [0.15, 0.2) is 5.51 Å². The number of nitrogens with one attached hydrogen (secondary N) is 2. The van der Waals surface area contributed by atoms with Crippen molar-refractivity contribution in [3.63, 3.8) is 0 Å². The number of aromatic nitrogens is 1. The van der Waals surface area contributed by atoms with Crippen molar-refractivity contribution in [3.8, 4) is 0 Å². The average molecular weight is 239 g/mol. The van der Waals surface area contributed by atoms with Crippen molar-refractivity contribution in [2.45, 2.75) is 32.2 Å². The number of thiazole rings is 1. The first kappa shape index (κ1) is 11.5. The fourth-order valence-electron chi connectivity index (χ4n) is 1.48. The van der Waals surface area contributed by atoms with E-state index in [-0.39, 0.29) is 5.91 Å². The molecule has 4 nitrogen and oxygen atoms in total. The van der Waals surface area contributed by atoms with Gasteiger partial charge < -0.3 is 10.6 Å². The summed E-state index contributed by atoms with van der Waals surface area (Å²) < 4.78 is 0. The van der Waals surface area contributed by atoms with Crippen LogP contribution in [0.3, 0.4) is 0 Å². The van der Waals surface area contributed by atoms with E-state index in [1.54, 1.807) is 5.51 Å². The fourth-order valence-corrected chi connectivity index (χ4v) is 2.20. The minimum Gasteiger partial charge on any atom is -0.351 e. The van der Waals surface area contributed by atoms with Crippen molar-refractivity contribution in [1.29, 1.82) is 0 Å². The molecule has 1 aromatic heterocycles. The lowest BCUT2D eigenvalue weighted by molar-refractivity contribution is 0.0956. The van der Waals surface area contributed by atoms with Gasteiger partial charge in [0.2, 0.25) is 0 Å². The van der Waals surface area contributed by atoms with Gasteiger partial charge in [-0.2, -0.15) is 0 Å². The molecule has 88 valence electrons. The van der Waals surface area contributed by atoms with Gasteiger partial charge in [-0.1, -0.05) is 0 Å². The van der Waals surface area contributed by atoms with E-state index < -0.39 is 0 Å². The summed E-state index contributed by atoms with van der Waals surface area (Å²) in [4.78, 5) is 16.5. The molecule has 0 bridgehead atoms. The maximum atomic E-state index is 11.7. The molecule has 1 aliphatic carbocycles. The van der Waals surface area contributed by atoms with E-state index >= 15 is 0 Å². The van der Waals surface area contributed by atoms with Crippen LogP contribution in [0.5, 0.6) is 0 Å². The Kier molecular flexibility index (Phi) is 3.90. The van der Waals surface area contributed by atoms with Gasteiger partial charge in [-0.05, 0) is 32.7 Å². The van der Waals surface area contributed by atoms with Crippen LogP contribution in [-0.2, 0) is 0 Å². The van der Waals surface area contributed by atoms with E-state index in [2.05, 4.69) is 15.6 Å². The molecule has 1 aliphatic rings. The number of amides is 1. The summed E-state index contributed by atoms with van der Waals surface area (Å²) in [5.41, 5.74) is 2.53. The first-order valence-corrected chi connectivity index (χ1v) is 6.57. The van der Waals surface area contributed by atoms with Gasteiger partial charge in [0.1, 0.15) is 4.88 Å². The molecule has 0 spiro atoms. The van der Waals surface area contributed by atoms with Crippen LogP contribution in [0, 0.1) is 6.92 Å². The largest absolute Gasteiger partial charge is 0.351 e. The smallest absolute Gasteiger partial charge is 0.263 e. The highest BCUT2D eigenvalue weighted by atomic mass is 32.1. The molecule has 5 heteroatoms. The van der Waals surface area contributed by atoms with Crippen LogP contribution in [0.25, 0.3) is 0 Å². The highest BCUT2D eigenvalue weighted by Gasteiger charge is 2.19. The van der Waals surface area contributed by atoms with E-state index in [0.717, 1.165) is 36.1 Å². The Hall–Kier alpha value is -0.940. The van der Waals surface area contributed by atoms with E-state index in [1.165, 1.54) is 24.2 Å². The van der Waals surface area contributed by atoms with Gasteiger partial charge in [0.05, 0.1) is 11.2 Å². The molecule has 0 atom stereocenters. The molecular weight excluding hydrogens is 222 g/mol. The Balaban J connectivity index is 1.61. The number of hydrogen-bond acceptors (Lipinski definition) is 4. The maximum absolute atomic E-state index is 11.7. The molecule has 0 aromatic carbocycles. The molecule has 1 amide bonds. The molecule has 1 fully saturated rings. The Morgan fingerprint density at radius 2 is 2.38 bits per heavy atom. The Bertz CT molecular complexity index is 360. The first-order valence-electron chi connectivity index (χ1n) is 5.69. The van der Waals surface area contributed by atoms with Crippen LogP contribution in [0.1, 0.15) is 34.6 Å². The highest BCUT2D eigenvalue weighted by molar-refractivity contribution is 7.11. The molecule has 0 saturated heterocycles. The van der Waals surface area contributed by atoms with Crippen LogP contribution in [0.4, 0.5) is 0 Å². The zero-order valence-corrected chi connectivity index (χ0v) is 10.3. The van der Waals surface area contributed by atoms with Gasteiger partial charge in [0.25, 0.3) is 5.91 Å². The Morgan fingerprint density at radius 3 is 3.00 bits per heavy atom. The molecule has 0 aliphatic heterocycles. The highest BCUT2D eigenvalue weighted by Crippen LogP contribution is 2.18. The molecular formula is C11H17N3OS. The topological polar surface area (TPSA) is 54.0 Å². The number of nitrogens with zero attached hydrogens (tertiary/aromatic N) is 1. The number of carbonyl (C=O) groups is 1. The second-order valence-corrected chi connectivity index (χ2v) is 4.96. The summed E-state index contributed by atoms with van der Waals surface area (Å²) in [5, 5.41) is 6.33. The molecule has 1 saturated carbocycles. The fraction of sp³-hybridized carbons (Fsp3) is 0.636.